The van der Waals surface area contributed by atoms with Crippen LogP contribution in [0, 0.1) is 0 Å². The molecule has 2 fully saturated rings. The number of hydrogen-bond acceptors (Lipinski definition) is 10. The smallest absolute Gasteiger partial charge is 0.159 e. The number of aliphatic hydroxyl groups is 4. The van der Waals surface area contributed by atoms with Gasteiger partial charge < -0.3 is 30.2 Å². The van der Waals surface area contributed by atoms with Crippen molar-refractivity contribution >= 4 is 22.7 Å². The lowest BCUT2D eigenvalue weighted by Crippen LogP contribution is -2.33. The Morgan fingerprint density at radius 2 is 0.833 bits per heavy atom. The number of hydrogen-bond donors (Lipinski definition) is 4. The Labute approximate surface area is 213 Å². The predicted molar refractivity (Wildman–Crippen MR) is 140 cm³/mol. The first-order chi connectivity index (χ1) is 17.7. The Hall–Kier alpha value is -2.14. The molecule has 10 heteroatoms. The van der Waals surface area contributed by atoms with Gasteiger partial charge in [0.1, 0.15) is 22.7 Å². The second-order valence-electron chi connectivity index (χ2n) is 10.0. The molecule has 2 aliphatic rings. The van der Waals surface area contributed by atoms with Gasteiger partial charge >= 0.3 is 0 Å². The summed E-state index contributed by atoms with van der Waals surface area (Å²) >= 11 is 0. The highest BCUT2D eigenvalue weighted by molar-refractivity contribution is 5.93. The minimum absolute atomic E-state index is 0.00350. The summed E-state index contributed by atoms with van der Waals surface area (Å²) in [5, 5.41) is 38.8. The van der Waals surface area contributed by atoms with Crippen LogP contribution < -0.4 is 9.80 Å². The Balaban J connectivity index is 1.94. The fourth-order valence-electron chi connectivity index (χ4n) is 5.47. The molecule has 0 aliphatic carbocycles. The van der Waals surface area contributed by atoms with Crippen molar-refractivity contribution in [2.75, 3.05) is 62.4 Å². The highest BCUT2D eigenvalue weighted by atomic mass is 16.3. The van der Waals surface area contributed by atoms with Crippen LogP contribution in [0.3, 0.4) is 0 Å². The highest BCUT2D eigenvalue weighted by Gasteiger charge is 2.28. The van der Waals surface area contributed by atoms with Gasteiger partial charge in [-0.15, -0.1) is 0 Å². The van der Waals surface area contributed by atoms with Gasteiger partial charge in [0.15, 0.2) is 11.6 Å². The van der Waals surface area contributed by atoms with Gasteiger partial charge in [-0.2, -0.15) is 0 Å². The molecule has 4 rings (SSSR count). The molecule has 0 bridgehead atoms. The van der Waals surface area contributed by atoms with Gasteiger partial charge in [-0.05, 0) is 64.2 Å². The van der Waals surface area contributed by atoms with E-state index in [1.807, 2.05) is 0 Å². The van der Waals surface area contributed by atoms with E-state index in [4.69, 9.17) is 19.9 Å². The van der Waals surface area contributed by atoms with Gasteiger partial charge in [0, 0.05) is 64.4 Å². The normalized spacial score (nSPS) is 17.1. The standard InChI is InChI=1S/C26H42N6O4/c33-15-7-19(8-16-34)23-28-22-21(25(29-23)31-11-3-1-4-12-31)27-24(20(9-17-35)10-18-36)30-26(22)32-13-5-2-6-14-32/h19-20,33-36H,1-18H2. The van der Waals surface area contributed by atoms with E-state index < -0.39 is 0 Å². The Morgan fingerprint density at radius 3 is 1.14 bits per heavy atom. The van der Waals surface area contributed by atoms with Crippen LogP contribution in [0.5, 0.6) is 0 Å². The minimum Gasteiger partial charge on any atom is -0.396 e. The summed E-state index contributed by atoms with van der Waals surface area (Å²) in [4.78, 5) is 24.6. The number of aliphatic hydroxyl groups excluding tert-OH is 4. The highest BCUT2D eigenvalue weighted by Crippen LogP contribution is 2.35. The molecule has 0 aromatic carbocycles. The first-order valence-corrected chi connectivity index (χ1v) is 13.7. The quantitative estimate of drug-likeness (QED) is 0.341. The van der Waals surface area contributed by atoms with Crippen molar-refractivity contribution in [3.05, 3.63) is 11.6 Å². The number of piperidine rings is 2. The molecule has 4 N–H and O–H groups in total. The van der Waals surface area contributed by atoms with E-state index in [2.05, 4.69) is 9.80 Å². The van der Waals surface area contributed by atoms with Gasteiger partial charge in [-0.25, -0.2) is 19.9 Å². The molecule has 2 aromatic heterocycles. The van der Waals surface area contributed by atoms with E-state index in [-0.39, 0.29) is 38.3 Å². The zero-order valence-electron chi connectivity index (χ0n) is 21.4. The van der Waals surface area contributed by atoms with Crippen molar-refractivity contribution in [2.24, 2.45) is 0 Å². The Morgan fingerprint density at radius 1 is 0.500 bits per heavy atom. The first kappa shape index (κ1) is 26.9. The van der Waals surface area contributed by atoms with Crippen LogP contribution in [0.4, 0.5) is 11.6 Å². The molecule has 2 saturated heterocycles. The van der Waals surface area contributed by atoms with Crippen LogP contribution in [-0.4, -0.2) is 93.0 Å². The Bertz CT molecular complexity index is 876. The summed E-state index contributed by atoms with van der Waals surface area (Å²) in [6.07, 6.45) is 8.68. The van der Waals surface area contributed by atoms with Crippen LogP contribution in [-0.2, 0) is 0 Å². The van der Waals surface area contributed by atoms with Gasteiger partial charge in [-0.1, -0.05) is 0 Å². The zero-order valence-corrected chi connectivity index (χ0v) is 21.4. The van der Waals surface area contributed by atoms with Gasteiger partial charge in [-0.3, -0.25) is 0 Å². The predicted octanol–water partition coefficient (Wildman–Crippen LogP) is 2.10. The van der Waals surface area contributed by atoms with Crippen molar-refractivity contribution < 1.29 is 20.4 Å². The number of rotatable bonds is 12. The van der Waals surface area contributed by atoms with Crippen molar-refractivity contribution in [1.82, 2.24) is 19.9 Å². The third kappa shape index (κ3) is 6.22. The minimum atomic E-state index is -0.154. The van der Waals surface area contributed by atoms with Crippen LogP contribution in [0.15, 0.2) is 0 Å². The van der Waals surface area contributed by atoms with E-state index in [1.165, 1.54) is 12.8 Å². The second-order valence-corrected chi connectivity index (χ2v) is 10.0. The third-order valence-corrected chi connectivity index (χ3v) is 7.49. The zero-order chi connectivity index (χ0) is 25.3. The molecule has 36 heavy (non-hydrogen) atoms. The molecule has 10 nitrogen and oxygen atoms in total. The lowest BCUT2D eigenvalue weighted by atomic mass is 10.00. The summed E-state index contributed by atoms with van der Waals surface area (Å²) in [6.45, 7) is 3.59. The van der Waals surface area contributed by atoms with Crippen LogP contribution in [0.2, 0.25) is 0 Å². The average Bonchev–Trinajstić information content (AvgIpc) is 2.92. The van der Waals surface area contributed by atoms with Crippen molar-refractivity contribution in [3.8, 4) is 0 Å². The fraction of sp³-hybridized carbons (Fsp3) is 0.769. The molecule has 200 valence electrons. The molecule has 0 atom stereocenters. The monoisotopic (exact) mass is 502 g/mol. The molecular formula is C26H42N6O4. The van der Waals surface area contributed by atoms with E-state index in [0.717, 1.165) is 74.5 Å². The summed E-state index contributed by atoms with van der Waals surface area (Å²) in [5.74, 6) is 2.54. The maximum Gasteiger partial charge on any atom is 0.159 e. The van der Waals surface area contributed by atoms with Gasteiger partial charge in [0.2, 0.25) is 0 Å². The van der Waals surface area contributed by atoms with Crippen LogP contribution >= 0.6 is 0 Å². The van der Waals surface area contributed by atoms with E-state index in [0.29, 0.717) is 37.3 Å². The lowest BCUT2D eigenvalue weighted by molar-refractivity contribution is 0.238. The first-order valence-electron chi connectivity index (χ1n) is 13.7. The van der Waals surface area contributed by atoms with Gasteiger partial charge in [0.05, 0.1) is 0 Å². The molecule has 0 saturated carbocycles. The van der Waals surface area contributed by atoms with Crippen LogP contribution in [0.1, 0.15) is 87.7 Å². The lowest BCUT2D eigenvalue weighted by Gasteiger charge is -2.32. The van der Waals surface area contributed by atoms with Crippen molar-refractivity contribution in [1.29, 1.82) is 0 Å². The van der Waals surface area contributed by atoms with Crippen LogP contribution in [0.25, 0.3) is 11.0 Å². The van der Waals surface area contributed by atoms with E-state index in [1.54, 1.807) is 0 Å². The largest absolute Gasteiger partial charge is 0.396 e. The summed E-state index contributed by atoms with van der Waals surface area (Å²) in [7, 11) is 0. The average molecular weight is 503 g/mol. The maximum absolute atomic E-state index is 9.69. The molecule has 0 unspecified atom stereocenters. The molecule has 0 spiro atoms. The number of nitrogens with zero attached hydrogens (tertiary/aromatic N) is 6. The second kappa shape index (κ2) is 13.4. The fourth-order valence-corrected chi connectivity index (χ4v) is 5.47. The van der Waals surface area contributed by atoms with E-state index in [9.17, 15) is 20.4 Å². The topological polar surface area (TPSA) is 139 Å². The molecule has 4 heterocycles. The van der Waals surface area contributed by atoms with Crippen molar-refractivity contribution in [3.63, 3.8) is 0 Å². The molecule has 2 aliphatic heterocycles. The molecule has 0 amide bonds. The Kier molecular flexibility index (Phi) is 10.0. The third-order valence-electron chi connectivity index (χ3n) is 7.49. The molecular weight excluding hydrogens is 460 g/mol. The number of fused-ring (bicyclic) bond motifs is 1. The summed E-state index contributed by atoms with van der Waals surface area (Å²) in [6, 6.07) is 0. The van der Waals surface area contributed by atoms with Crippen molar-refractivity contribution in [2.45, 2.75) is 76.0 Å². The van der Waals surface area contributed by atoms with E-state index >= 15 is 0 Å². The molecule has 0 radical (unpaired) electrons. The number of anilines is 2. The SMILES string of the molecule is OCCC(CCO)c1nc(N2CCCCC2)c2nc(C(CCO)CCO)nc(N3CCCCC3)c2n1. The van der Waals surface area contributed by atoms with Gasteiger partial charge in [0.25, 0.3) is 0 Å². The summed E-state index contributed by atoms with van der Waals surface area (Å²) < 4.78 is 0. The summed E-state index contributed by atoms with van der Waals surface area (Å²) in [5.41, 5.74) is 1.44. The number of aromatic nitrogens is 4. The maximum atomic E-state index is 9.69. The molecule has 2 aromatic rings.